The highest BCUT2D eigenvalue weighted by Gasteiger charge is 2.28. The summed E-state index contributed by atoms with van der Waals surface area (Å²) in [5.74, 6) is -0.0610. The maximum atomic E-state index is 13.1. The number of hydrogen-bond acceptors (Lipinski definition) is 3. The molecule has 0 aromatic heterocycles. The van der Waals surface area contributed by atoms with E-state index in [1.165, 1.54) is 0 Å². The number of hydrogen-bond donors (Lipinski definition) is 1. The molecule has 0 aliphatic rings. The summed E-state index contributed by atoms with van der Waals surface area (Å²) >= 11 is 0. The van der Waals surface area contributed by atoms with Gasteiger partial charge in [0.05, 0.1) is 4.90 Å². The van der Waals surface area contributed by atoms with Gasteiger partial charge in [-0.15, -0.1) is 0 Å². The lowest BCUT2D eigenvalue weighted by Gasteiger charge is -2.26. The molecule has 1 amide bonds. The number of rotatable bonds is 8. The van der Waals surface area contributed by atoms with Gasteiger partial charge >= 0.3 is 0 Å². The van der Waals surface area contributed by atoms with E-state index >= 15 is 0 Å². The summed E-state index contributed by atoms with van der Waals surface area (Å²) in [6.45, 7) is 8.28. The number of nitrogens with zero attached hydrogens (tertiary/aromatic N) is 1. The van der Waals surface area contributed by atoms with Crippen LogP contribution < -0.4 is 4.72 Å². The van der Waals surface area contributed by atoms with Crippen LogP contribution in [0.3, 0.4) is 0 Å². The van der Waals surface area contributed by atoms with Crippen molar-refractivity contribution in [1.82, 2.24) is 9.62 Å². The summed E-state index contributed by atoms with van der Waals surface area (Å²) < 4.78 is 28.2. The van der Waals surface area contributed by atoms with Crippen molar-refractivity contribution in [2.45, 2.75) is 51.6 Å². The Hall–Kier alpha value is -2.18. The molecule has 1 atom stereocenters. The molecule has 28 heavy (non-hydrogen) atoms. The number of likely N-dealkylation sites (N-methyl/N-ethyl adjacent to an activating group) is 1. The predicted octanol–water partition coefficient (Wildman–Crippen LogP) is 3.66. The van der Waals surface area contributed by atoms with Crippen LogP contribution in [0.15, 0.2) is 53.4 Å². The highest BCUT2D eigenvalue weighted by molar-refractivity contribution is 7.89. The number of carbonyl (C=O) groups is 1. The Morgan fingerprint density at radius 2 is 1.64 bits per heavy atom. The average Bonchev–Trinajstić information content (AvgIpc) is 2.62. The molecule has 0 heterocycles. The summed E-state index contributed by atoms with van der Waals surface area (Å²) in [6.07, 6.45) is 0.433. The van der Waals surface area contributed by atoms with Gasteiger partial charge in [-0.25, -0.2) is 8.42 Å². The molecular formula is C22H30N2O3S. The van der Waals surface area contributed by atoms with Crippen LogP contribution in [-0.2, 0) is 21.4 Å². The molecule has 2 aromatic carbocycles. The number of sulfonamides is 1. The van der Waals surface area contributed by atoms with E-state index in [1.807, 2.05) is 52.0 Å². The Morgan fingerprint density at radius 3 is 2.21 bits per heavy atom. The summed E-state index contributed by atoms with van der Waals surface area (Å²) in [6, 6.07) is 13.7. The normalized spacial score (nSPS) is 12.8. The zero-order valence-corrected chi connectivity index (χ0v) is 18.1. The van der Waals surface area contributed by atoms with Gasteiger partial charge in [0.2, 0.25) is 15.9 Å². The number of aryl methyl sites for hydroxylation is 2. The van der Waals surface area contributed by atoms with Crippen LogP contribution >= 0.6 is 0 Å². The minimum absolute atomic E-state index is 0.168. The highest BCUT2D eigenvalue weighted by Crippen LogP contribution is 2.16. The molecule has 152 valence electrons. The first-order valence-electron chi connectivity index (χ1n) is 9.48. The van der Waals surface area contributed by atoms with Crippen LogP contribution in [0.1, 0.15) is 37.0 Å². The Morgan fingerprint density at radius 1 is 1.04 bits per heavy atom. The van der Waals surface area contributed by atoms with Gasteiger partial charge in [0.1, 0.15) is 6.04 Å². The van der Waals surface area contributed by atoms with Gasteiger partial charge in [-0.3, -0.25) is 4.79 Å². The van der Waals surface area contributed by atoms with Crippen LogP contribution in [0.25, 0.3) is 0 Å². The van der Waals surface area contributed by atoms with Gasteiger partial charge in [-0.1, -0.05) is 55.8 Å². The molecule has 0 saturated carbocycles. The minimum Gasteiger partial charge on any atom is -0.340 e. The van der Waals surface area contributed by atoms with Gasteiger partial charge < -0.3 is 4.90 Å². The Bertz CT molecular complexity index is 906. The topological polar surface area (TPSA) is 66.5 Å². The number of benzene rings is 2. The van der Waals surface area contributed by atoms with Crippen molar-refractivity contribution in [2.24, 2.45) is 5.92 Å². The molecular weight excluding hydrogens is 372 g/mol. The number of amides is 1. The molecule has 0 bridgehead atoms. The van der Waals surface area contributed by atoms with Crippen LogP contribution in [0.5, 0.6) is 0 Å². The monoisotopic (exact) mass is 402 g/mol. The van der Waals surface area contributed by atoms with E-state index in [0.717, 1.165) is 16.7 Å². The lowest BCUT2D eigenvalue weighted by atomic mass is 10.0. The summed E-state index contributed by atoms with van der Waals surface area (Å²) in [5, 5.41) is 0. The quantitative estimate of drug-likeness (QED) is 0.733. The smallest absolute Gasteiger partial charge is 0.241 e. The fraction of sp³-hybridized carbons (Fsp3) is 0.409. The van der Waals surface area contributed by atoms with Gasteiger partial charge in [0.25, 0.3) is 0 Å². The maximum Gasteiger partial charge on any atom is 0.241 e. The lowest BCUT2D eigenvalue weighted by Crippen LogP contribution is -2.47. The number of carbonyl (C=O) groups excluding carboxylic acids is 1. The van der Waals surface area contributed by atoms with E-state index in [1.54, 1.807) is 36.2 Å². The van der Waals surface area contributed by atoms with E-state index in [-0.39, 0.29) is 16.7 Å². The molecule has 2 rings (SSSR count). The van der Waals surface area contributed by atoms with Gasteiger partial charge in [0.15, 0.2) is 0 Å². The Kier molecular flexibility index (Phi) is 7.38. The van der Waals surface area contributed by atoms with Crippen LogP contribution in [-0.4, -0.2) is 32.3 Å². The van der Waals surface area contributed by atoms with Gasteiger partial charge in [-0.2, -0.15) is 4.72 Å². The van der Waals surface area contributed by atoms with Crippen molar-refractivity contribution in [3.8, 4) is 0 Å². The van der Waals surface area contributed by atoms with Crippen molar-refractivity contribution in [3.05, 3.63) is 65.2 Å². The molecule has 0 fully saturated rings. The first-order chi connectivity index (χ1) is 13.1. The molecule has 0 spiro atoms. The molecule has 0 radical (unpaired) electrons. The summed E-state index contributed by atoms with van der Waals surface area (Å²) in [4.78, 5) is 14.8. The Labute approximate surface area is 168 Å². The van der Waals surface area contributed by atoms with Crippen LogP contribution in [0, 0.1) is 19.8 Å². The third kappa shape index (κ3) is 5.91. The van der Waals surface area contributed by atoms with Gasteiger partial charge in [-0.05, 0) is 49.4 Å². The molecule has 0 saturated heterocycles. The molecule has 0 aliphatic heterocycles. The Balaban J connectivity index is 2.20. The fourth-order valence-electron chi connectivity index (χ4n) is 3.03. The van der Waals surface area contributed by atoms with Gasteiger partial charge in [0, 0.05) is 13.6 Å². The standard InChI is InChI=1S/C22H30N2O3S/c1-16(2)14-21(23-28(26,27)20-12-10-17(3)11-13-20)22(25)24(5)15-19-9-7-6-8-18(19)4/h6-13,16,21,23H,14-15H2,1-5H3. The van der Waals surface area contributed by atoms with Crippen molar-refractivity contribution < 1.29 is 13.2 Å². The van der Waals surface area contributed by atoms with Crippen molar-refractivity contribution in [2.75, 3.05) is 7.05 Å². The van der Waals surface area contributed by atoms with Crippen molar-refractivity contribution in [1.29, 1.82) is 0 Å². The largest absolute Gasteiger partial charge is 0.340 e. The van der Waals surface area contributed by atoms with Crippen LogP contribution in [0.4, 0.5) is 0 Å². The maximum absolute atomic E-state index is 13.1. The summed E-state index contributed by atoms with van der Waals surface area (Å²) in [7, 11) is -2.07. The average molecular weight is 403 g/mol. The SMILES string of the molecule is Cc1ccc(S(=O)(=O)NC(CC(C)C)C(=O)N(C)Cc2ccccc2C)cc1. The van der Waals surface area contributed by atoms with Crippen molar-refractivity contribution >= 4 is 15.9 Å². The molecule has 2 aromatic rings. The zero-order valence-electron chi connectivity index (χ0n) is 17.3. The fourth-order valence-corrected chi connectivity index (χ4v) is 4.23. The molecule has 0 aliphatic carbocycles. The number of nitrogens with one attached hydrogen (secondary N) is 1. The minimum atomic E-state index is -3.78. The molecule has 1 unspecified atom stereocenters. The third-order valence-corrected chi connectivity index (χ3v) is 6.17. The van der Waals surface area contributed by atoms with Crippen molar-refractivity contribution in [3.63, 3.8) is 0 Å². The first kappa shape index (κ1) is 22.1. The molecule has 5 nitrogen and oxygen atoms in total. The van der Waals surface area contributed by atoms with Crippen LogP contribution in [0.2, 0.25) is 0 Å². The van der Waals surface area contributed by atoms with E-state index < -0.39 is 16.1 Å². The second-order valence-electron chi connectivity index (χ2n) is 7.74. The summed E-state index contributed by atoms with van der Waals surface area (Å²) in [5.41, 5.74) is 3.12. The first-order valence-corrected chi connectivity index (χ1v) is 11.0. The predicted molar refractivity (Wildman–Crippen MR) is 112 cm³/mol. The third-order valence-electron chi connectivity index (χ3n) is 4.68. The second-order valence-corrected chi connectivity index (χ2v) is 9.45. The van der Waals surface area contributed by atoms with E-state index in [4.69, 9.17) is 0 Å². The van der Waals surface area contributed by atoms with E-state index in [0.29, 0.717) is 13.0 Å². The molecule has 1 N–H and O–H groups in total. The zero-order chi connectivity index (χ0) is 20.9. The second kappa shape index (κ2) is 9.34. The lowest BCUT2D eigenvalue weighted by molar-refractivity contribution is -0.132. The van der Waals surface area contributed by atoms with E-state index in [9.17, 15) is 13.2 Å². The highest BCUT2D eigenvalue weighted by atomic mass is 32.2. The van der Waals surface area contributed by atoms with E-state index in [2.05, 4.69) is 4.72 Å². The molecule has 6 heteroatoms.